The van der Waals surface area contributed by atoms with Crippen molar-refractivity contribution >= 4 is 17.4 Å². The predicted molar refractivity (Wildman–Crippen MR) is 112 cm³/mol. The van der Waals surface area contributed by atoms with E-state index in [1.165, 1.54) is 4.90 Å². The number of ether oxygens (including phenoxy) is 3. The highest BCUT2D eigenvalue weighted by Gasteiger charge is 2.44. The zero-order valence-corrected chi connectivity index (χ0v) is 17.9. The highest BCUT2D eigenvalue weighted by molar-refractivity contribution is 6.35. The van der Waals surface area contributed by atoms with Crippen LogP contribution in [-0.4, -0.2) is 72.8 Å². The molecule has 3 atom stereocenters. The fourth-order valence-corrected chi connectivity index (χ4v) is 4.52. The van der Waals surface area contributed by atoms with Gasteiger partial charge in [0.05, 0.1) is 37.0 Å². The Morgan fingerprint density at radius 2 is 1.77 bits per heavy atom. The van der Waals surface area contributed by atoms with Crippen LogP contribution in [0.3, 0.4) is 0 Å². The Hall–Kier alpha value is -2.38. The summed E-state index contributed by atoms with van der Waals surface area (Å²) in [5, 5.41) is 0. The van der Waals surface area contributed by atoms with Crippen LogP contribution in [0.15, 0.2) is 30.0 Å². The summed E-state index contributed by atoms with van der Waals surface area (Å²) in [4.78, 5) is 30.3. The first-order valence-electron chi connectivity index (χ1n) is 10.8. The molecule has 4 rings (SSSR count). The lowest BCUT2D eigenvalue weighted by Crippen LogP contribution is -2.47. The number of benzene rings is 1. The van der Waals surface area contributed by atoms with Crippen molar-refractivity contribution in [1.29, 1.82) is 0 Å². The van der Waals surface area contributed by atoms with E-state index >= 15 is 0 Å². The molecule has 0 aliphatic carbocycles. The summed E-state index contributed by atoms with van der Waals surface area (Å²) in [6, 6.07) is 7.39. The van der Waals surface area contributed by atoms with E-state index in [-0.39, 0.29) is 30.1 Å². The summed E-state index contributed by atoms with van der Waals surface area (Å²) >= 11 is 0. The molecule has 0 aromatic heterocycles. The molecule has 2 amide bonds. The Kier molecular flexibility index (Phi) is 6.11. The second-order valence-electron chi connectivity index (χ2n) is 8.20. The average Bonchev–Trinajstić information content (AvgIpc) is 3.30. The second kappa shape index (κ2) is 8.78. The maximum Gasteiger partial charge on any atom is 0.277 e. The lowest BCUT2D eigenvalue weighted by molar-refractivity contribution is -0.140. The first-order chi connectivity index (χ1) is 14.5. The summed E-state index contributed by atoms with van der Waals surface area (Å²) in [6.45, 7) is 8.62. The Labute approximate surface area is 177 Å². The van der Waals surface area contributed by atoms with Gasteiger partial charge in [-0.15, -0.1) is 0 Å². The van der Waals surface area contributed by atoms with Gasteiger partial charge in [-0.3, -0.25) is 14.5 Å². The number of amides is 2. The minimum atomic E-state index is -0.249. The number of carbonyl (C=O) groups excluding carboxylic acids is 2. The zero-order valence-electron chi connectivity index (χ0n) is 17.9. The monoisotopic (exact) mass is 414 g/mol. The maximum absolute atomic E-state index is 13.5. The van der Waals surface area contributed by atoms with Crippen LogP contribution in [0.4, 0.5) is 0 Å². The molecule has 0 radical (unpaired) electrons. The SMILES string of the molecule is CCOc1ccc(C2=C(N3CC(C)OC(C)C3)C(=O)N(CC3CCCO3)C2=O)cc1. The van der Waals surface area contributed by atoms with E-state index in [9.17, 15) is 9.59 Å². The van der Waals surface area contributed by atoms with Gasteiger partial charge < -0.3 is 19.1 Å². The van der Waals surface area contributed by atoms with Crippen molar-refractivity contribution in [3.8, 4) is 5.75 Å². The normalized spacial score (nSPS) is 27.4. The van der Waals surface area contributed by atoms with Crippen molar-refractivity contribution in [2.75, 3.05) is 32.8 Å². The fourth-order valence-electron chi connectivity index (χ4n) is 4.52. The molecule has 30 heavy (non-hydrogen) atoms. The van der Waals surface area contributed by atoms with Crippen molar-refractivity contribution < 1.29 is 23.8 Å². The Morgan fingerprint density at radius 1 is 1.07 bits per heavy atom. The number of hydrogen-bond acceptors (Lipinski definition) is 6. The topological polar surface area (TPSA) is 68.3 Å². The molecule has 0 N–H and O–H groups in total. The van der Waals surface area contributed by atoms with Crippen LogP contribution in [0.2, 0.25) is 0 Å². The molecule has 162 valence electrons. The van der Waals surface area contributed by atoms with Crippen LogP contribution in [0.25, 0.3) is 5.57 Å². The quantitative estimate of drug-likeness (QED) is 0.666. The number of carbonyl (C=O) groups is 2. The van der Waals surface area contributed by atoms with Crippen molar-refractivity contribution in [1.82, 2.24) is 9.80 Å². The molecule has 1 aromatic rings. The third-order valence-electron chi connectivity index (χ3n) is 5.74. The zero-order chi connectivity index (χ0) is 21.3. The molecule has 3 heterocycles. The third-order valence-corrected chi connectivity index (χ3v) is 5.74. The van der Waals surface area contributed by atoms with Crippen molar-refractivity contribution in [3.05, 3.63) is 35.5 Å². The van der Waals surface area contributed by atoms with Gasteiger partial charge in [0.2, 0.25) is 0 Å². The van der Waals surface area contributed by atoms with E-state index in [2.05, 4.69) is 0 Å². The van der Waals surface area contributed by atoms with Gasteiger partial charge in [-0.05, 0) is 51.3 Å². The molecule has 0 bridgehead atoms. The van der Waals surface area contributed by atoms with Gasteiger partial charge in [0.15, 0.2) is 0 Å². The molecule has 3 unspecified atom stereocenters. The number of hydrogen-bond donors (Lipinski definition) is 0. The lowest BCUT2D eigenvalue weighted by Gasteiger charge is -2.37. The molecular weight excluding hydrogens is 384 g/mol. The predicted octanol–water partition coefficient (Wildman–Crippen LogP) is 2.45. The molecule has 0 saturated carbocycles. The molecule has 2 saturated heterocycles. The van der Waals surface area contributed by atoms with Crippen LogP contribution in [0.1, 0.15) is 39.2 Å². The van der Waals surface area contributed by atoms with Gasteiger partial charge in [-0.2, -0.15) is 0 Å². The molecule has 0 spiro atoms. The van der Waals surface area contributed by atoms with Crippen molar-refractivity contribution in [2.24, 2.45) is 0 Å². The average molecular weight is 415 g/mol. The van der Waals surface area contributed by atoms with E-state index in [0.29, 0.717) is 44.1 Å². The summed E-state index contributed by atoms with van der Waals surface area (Å²) in [7, 11) is 0. The number of nitrogens with zero attached hydrogens (tertiary/aromatic N) is 2. The first kappa shape index (κ1) is 20.9. The van der Waals surface area contributed by atoms with Crippen LogP contribution < -0.4 is 4.74 Å². The summed E-state index contributed by atoms with van der Waals surface area (Å²) < 4.78 is 17.1. The molecular formula is C23H30N2O5. The van der Waals surface area contributed by atoms with E-state index in [1.807, 2.05) is 49.9 Å². The molecule has 1 aromatic carbocycles. The molecule has 7 nitrogen and oxygen atoms in total. The van der Waals surface area contributed by atoms with Gasteiger partial charge in [0, 0.05) is 19.7 Å². The first-order valence-corrected chi connectivity index (χ1v) is 10.8. The highest BCUT2D eigenvalue weighted by Crippen LogP contribution is 2.34. The molecule has 7 heteroatoms. The van der Waals surface area contributed by atoms with Crippen molar-refractivity contribution in [2.45, 2.75) is 51.9 Å². The standard InChI is InChI=1S/C23H30N2O5/c1-4-28-18-9-7-17(8-10-18)20-21(24-12-15(2)30-16(3)13-24)23(27)25(22(20)26)14-19-6-5-11-29-19/h7-10,15-16,19H,4-6,11-14H2,1-3H3. The van der Waals surface area contributed by atoms with Crippen LogP contribution in [-0.2, 0) is 19.1 Å². The largest absolute Gasteiger partial charge is 0.494 e. The number of rotatable bonds is 6. The second-order valence-corrected chi connectivity index (χ2v) is 8.20. The minimum absolute atomic E-state index is 0.0158. The summed E-state index contributed by atoms with van der Waals surface area (Å²) in [5.74, 6) is 0.257. The summed E-state index contributed by atoms with van der Waals surface area (Å²) in [6.07, 6.45) is 1.72. The van der Waals surface area contributed by atoms with E-state index in [1.54, 1.807) is 0 Å². The number of morpholine rings is 1. The minimum Gasteiger partial charge on any atom is -0.494 e. The van der Waals surface area contributed by atoms with Gasteiger partial charge in [-0.1, -0.05) is 12.1 Å². The Morgan fingerprint density at radius 3 is 2.37 bits per heavy atom. The number of imide groups is 1. The molecule has 2 fully saturated rings. The maximum atomic E-state index is 13.5. The Bertz CT molecular complexity index is 819. The van der Waals surface area contributed by atoms with Crippen LogP contribution in [0.5, 0.6) is 5.75 Å². The third kappa shape index (κ3) is 4.09. The molecule has 3 aliphatic rings. The van der Waals surface area contributed by atoms with E-state index in [0.717, 1.165) is 24.2 Å². The highest BCUT2D eigenvalue weighted by atomic mass is 16.5. The van der Waals surface area contributed by atoms with Crippen LogP contribution in [0, 0.1) is 0 Å². The lowest BCUT2D eigenvalue weighted by atomic mass is 10.0. The van der Waals surface area contributed by atoms with Crippen LogP contribution >= 0.6 is 0 Å². The van der Waals surface area contributed by atoms with Crippen molar-refractivity contribution in [3.63, 3.8) is 0 Å². The van der Waals surface area contributed by atoms with Gasteiger partial charge in [0.25, 0.3) is 11.8 Å². The summed E-state index contributed by atoms with van der Waals surface area (Å²) in [5.41, 5.74) is 1.67. The van der Waals surface area contributed by atoms with E-state index in [4.69, 9.17) is 14.2 Å². The Balaban J connectivity index is 1.69. The van der Waals surface area contributed by atoms with Gasteiger partial charge in [0.1, 0.15) is 11.4 Å². The molecule has 3 aliphatic heterocycles. The van der Waals surface area contributed by atoms with Gasteiger partial charge >= 0.3 is 0 Å². The fraction of sp³-hybridized carbons (Fsp3) is 0.565. The van der Waals surface area contributed by atoms with Gasteiger partial charge in [-0.25, -0.2) is 0 Å². The van der Waals surface area contributed by atoms with E-state index < -0.39 is 0 Å². The smallest absolute Gasteiger partial charge is 0.277 e.